The van der Waals surface area contributed by atoms with Crippen molar-refractivity contribution in [3.63, 3.8) is 0 Å². The molecule has 0 amide bonds. The van der Waals surface area contributed by atoms with Crippen LogP contribution in [0.25, 0.3) is 0 Å². The molecule has 90 valence electrons. The Kier molecular flexibility index (Phi) is 6.69. The molecule has 1 aliphatic rings. The van der Waals surface area contributed by atoms with Crippen LogP contribution in [0.2, 0.25) is 0 Å². The second-order valence-corrected chi connectivity index (χ2v) is 5.74. The molecule has 1 aliphatic heterocycles. The Hall–Kier alpha value is 0.270. The molecule has 15 heavy (non-hydrogen) atoms. The first kappa shape index (κ1) is 13.3. The van der Waals surface area contributed by atoms with Crippen molar-refractivity contribution in [1.29, 1.82) is 0 Å². The van der Waals surface area contributed by atoms with Crippen LogP contribution in [0.1, 0.15) is 26.2 Å². The fourth-order valence-electron chi connectivity index (χ4n) is 2.08. The second kappa shape index (κ2) is 7.53. The van der Waals surface area contributed by atoms with Crippen molar-refractivity contribution in [3.8, 4) is 0 Å². The van der Waals surface area contributed by atoms with Crippen LogP contribution in [0.15, 0.2) is 0 Å². The summed E-state index contributed by atoms with van der Waals surface area (Å²) in [6, 6.07) is 0.742. The van der Waals surface area contributed by atoms with E-state index in [0.29, 0.717) is 0 Å². The molecule has 2 nitrogen and oxygen atoms in total. The first-order valence-electron chi connectivity index (χ1n) is 6.14. The second-order valence-electron chi connectivity index (χ2n) is 4.76. The van der Waals surface area contributed by atoms with E-state index in [9.17, 15) is 0 Å². The van der Waals surface area contributed by atoms with E-state index < -0.39 is 0 Å². The normalized spacial score (nSPS) is 23.6. The van der Waals surface area contributed by atoms with Crippen molar-refractivity contribution in [3.05, 3.63) is 0 Å². The van der Waals surface area contributed by atoms with E-state index in [1.165, 1.54) is 44.6 Å². The van der Waals surface area contributed by atoms with Gasteiger partial charge in [0.05, 0.1) is 0 Å². The fourth-order valence-corrected chi connectivity index (χ4v) is 2.65. The zero-order chi connectivity index (χ0) is 11.1. The van der Waals surface area contributed by atoms with Gasteiger partial charge in [-0.1, -0.05) is 0 Å². The number of nitrogens with zero attached hydrogens (tertiary/aromatic N) is 1. The van der Waals surface area contributed by atoms with E-state index in [-0.39, 0.29) is 0 Å². The maximum absolute atomic E-state index is 3.44. The zero-order valence-electron chi connectivity index (χ0n) is 10.5. The fraction of sp³-hybridized carbons (Fsp3) is 1.00. The summed E-state index contributed by atoms with van der Waals surface area (Å²) in [6.07, 6.45) is 6.26. The van der Waals surface area contributed by atoms with Crippen LogP contribution in [0.3, 0.4) is 0 Å². The molecule has 0 radical (unpaired) electrons. The quantitative estimate of drug-likeness (QED) is 0.721. The van der Waals surface area contributed by atoms with Crippen LogP contribution < -0.4 is 5.32 Å². The number of rotatable bonds is 7. The maximum Gasteiger partial charge on any atom is 0.00717 e. The Morgan fingerprint density at radius 3 is 2.93 bits per heavy atom. The van der Waals surface area contributed by atoms with Crippen molar-refractivity contribution in [1.82, 2.24) is 10.2 Å². The number of nitrogens with one attached hydrogen (secondary N) is 1. The Morgan fingerprint density at radius 2 is 2.33 bits per heavy atom. The van der Waals surface area contributed by atoms with Crippen LogP contribution in [0, 0.1) is 5.92 Å². The van der Waals surface area contributed by atoms with E-state index in [2.05, 4.69) is 30.4 Å². The van der Waals surface area contributed by atoms with Gasteiger partial charge in [0.25, 0.3) is 0 Å². The minimum Gasteiger partial charge on any atom is -0.316 e. The van der Waals surface area contributed by atoms with E-state index in [1.807, 2.05) is 11.8 Å². The lowest BCUT2D eigenvalue weighted by atomic mass is 10.0. The monoisotopic (exact) mass is 230 g/mol. The lowest BCUT2D eigenvalue weighted by molar-refractivity contribution is 0.236. The van der Waals surface area contributed by atoms with E-state index in [4.69, 9.17) is 0 Å². The van der Waals surface area contributed by atoms with Crippen molar-refractivity contribution >= 4 is 11.8 Å². The van der Waals surface area contributed by atoms with Crippen LogP contribution in [-0.4, -0.2) is 49.6 Å². The topological polar surface area (TPSA) is 15.3 Å². The SMILES string of the molecule is CSCCC(C)N(C)CCC1CCNC1. The first-order chi connectivity index (χ1) is 7.24. The van der Waals surface area contributed by atoms with Crippen LogP contribution in [-0.2, 0) is 0 Å². The molecule has 1 N–H and O–H groups in total. The zero-order valence-corrected chi connectivity index (χ0v) is 11.3. The van der Waals surface area contributed by atoms with Gasteiger partial charge in [0.15, 0.2) is 0 Å². The van der Waals surface area contributed by atoms with E-state index >= 15 is 0 Å². The lowest BCUT2D eigenvalue weighted by Crippen LogP contribution is -2.31. The minimum absolute atomic E-state index is 0.742. The van der Waals surface area contributed by atoms with Crippen LogP contribution in [0.4, 0.5) is 0 Å². The highest BCUT2D eigenvalue weighted by Crippen LogP contribution is 2.14. The van der Waals surface area contributed by atoms with Crippen molar-refractivity contribution in [2.45, 2.75) is 32.2 Å². The smallest absolute Gasteiger partial charge is 0.00717 e. The Labute approximate surface area is 99.2 Å². The third kappa shape index (κ3) is 5.23. The van der Waals surface area contributed by atoms with Gasteiger partial charge >= 0.3 is 0 Å². The van der Waals surface area contributed by atoms with E-state index in [1.54, 1.807) is 0 Å². The van der Waals surface area contributed by atoms with Gasteiger partial charge in [-0.15, -0.1) is 0 Å². The number of hydrogen-bond donors (Lipinski definition) is 1. The molecular weight excluding hydrogens is 204 g/mol. The molecular formula is C12H26N2S. The molecule has 0 bridgehead atoms. The standard InChI is InChI=1S/C12H26N2S/c1-11(6-9-15-3)14(2)8-5-12-4-7-13-10-12/h11-13H,4-10H2,1-3H3. The van der Waals surface area contributed by atoms with Crippen molar-refractivity contribution in [2.75, 3.05) is 38.7 Å². The van der Waals surface area contributed by atoms with Crippen LogP contribution in [0.5, 0.6) is 0 Å². The third-order valence-electron chi connectivity index (χ3n) is 3.54. The molecule has 1 rings (SSSR count). The van der Waals surface area contributed by atoms with Crippen molar-refractivity contribution in [2.24, 2.45) is 5.92 Å². The lowest BCUT2D eigenvalue weighted by Gasteiger charge is -2.25. The number of hydrogen-bond acceptors (Lipinski definition) is 3. The third-order valence-corrected chi connectivity index (χ3v) is 4.19. The van der Waals surface area contributed by atoms with Crippen LogP contribution >= 0.6 is 11.8 Å². The summed E-state index contributed by atoms with van der Waals surface area (Å²) in [6.45, 7) is 6.09. The molecule has 0 aromatic rings. The number of thioether (sulfide) groups is 1. The minimum atomic E-state index is 0.742. The average Bonchev–Trinajstić information content (AvgIpc) is 2.75. The Balaban J connectivity index is 2.08. The largest absolute Gasteiger partial charge is 0.316 e. The van der Waals surface area contributed by atoms with Gasteiger partial charge in [-0.25, -0.2) is 0 Å². The summed E-state index contributed by atoms with van der Waals surface area (Å²) in [5.41, 5.74) is 0. The summed E-state index contributed by atoms with van der Waals surface area (Å²) >= 11 is 1.95. The van der Waals surface area contributed by atoms with Gasteiger partial charge in [0.2, 0.25) is 0 Å². The molecule has 1 fully saturated rings. The van der Waals surface area contributed by atoms with Gasteiger partial charge in [-0.3, -0.25) is 0 Å². The van der Waals surface area contributed by atoms with Gasteiger partial charge < -0.3 is 10.2 Å². The molecule has 0 aromatic heterocycles. The molecule has 0 aromatic carbocycles. The highest BCUT2D eigenvalue weighted by Gasteiger charge is 2.16. The predicted molar refractivity (Wildman–Crippen MR) is 70.7 cm³/mol. The molecule has 3 heteroatoms. The highest BCUT2D eigenvalue weighted by atomic mass is 32.2. The van der Waals surface area contributed by atoms with Gasteiger partial charge in [-0.2, -0.15) is 11.8 Å². The molecule has 0 spiro atoms. The molecule has 1 saturated heterocycles. The maximum atomic E-state index is 3.44. The first-order valence-corrected chi connectivity index (χ1v) is 7.53. The van der Waals surface area contributed by atoms with Gasteiger partial charge in [0.1, 0.15) is 0 Å². The summed E-state index contributed by atoms with van der Waals surface area (Å²) in [7, 11) is 2.27. The van der Waals surface area contributed by atoms with Crippen molar-refractivity contribution < 1.29 is 0 Å². The van der Waals surface area contributed by atoms with Gasteiger partial charge in [0, 0.05) is 6.04 Å². The molecule has 2 unspecified atom stereocenters. The predicted octanol–water partition coefficient (Wildman–Crippen LogP) is 2.06. The average molecular weight is 230 g/mol. The van der Waals surface area contributed by atoms with Gasteiger partial charge in [-0.05, 0) is 70.8 Å². The summed E-state index contributed by atoms with van der Waals surface area (Å²) < 4.78 is 0. The molecule has 2 atom stereocenters. The van der Waals surface area contributed by atoms with E-state index in [0.717, 1.165) is 12.0 Å². The molecule has 0 aliphatic carbocycles. The Bertz CT molecular complexity index is 158. The molecule has 1 heterocycles. The summed E-state index contributed by atoms with van der Waals surface area (Å²) in [5, 5.41) is 3.44. The Morgan fingerprint density at radius 1 is 1.53 bits per heavy atom. The molecule has 0 saturated carbocycles. The highest BCUT2D eigenvalue weighted by molar-refractivity contribution is 7.98. The summed E-state index contributed by atoms with van der Waals surface area (Å²) in [4.78, 5) is 2.52. The summed E-state index contributed by atoms with van der Waals surface area (Å²) in [5.74, 6) is 2.22.